The molecule has 0 radical (unpaired) electrons. The molecule has 2 aliphatic rings. The first-order valence-corrected chi connectivity index (χ1v) is 7.85. The van der Waals surface area contributed by atoms with Crippen LogP contribution >= 0.6 is 0 Å². The van der Waals surface area contributed by atoms with Crippen molar-refractivity contribution >= 4 is 11.8 Å². The average Bonchev–Trinajstić information content (AvgIpc) is 2.42. The van der Waals surface area contributed by atoms with Crippen molar-refractivity contribution in [1.29, 1.82) is 0 Å². The zero-order valence-corrected chi connectivity index (χ0v) is 12.9. The minimum atomic E-state index is -0.293. The summed E-state index contributed by atoms with van der Waals surface area (Å²) in [6, 6.07) is -0.0620. The van der Waals surface area contributed by atoms with E-state index in [0.717, 1.165) is 32.5 Å². The molecule has 0 bridgehead atoms. The Morgan fingerprint density at radius 3 is 2.45 bits per heavy atom. The van der Waals surface area contributed by atoms with Gasteiger partial charge in [-0.05, 0) is 31.7 Å². The first kappa shape index (κ1) is 15.3. The van der Waals surface area contributed by atoms with Crippen molar-refractivity contribution in [2.24, 2.45) is 5.92 Å². The molecule has 0 aromatic rings. The van der Waals surface area contributed by atoms with E-state index in [0.29, 0.717) is 0 Å². The summed E-state index contributed by atoms with van der Waals surface area (Å²) >= 11 is 0. The van der Waals surface area contributed by atoms with Crippen molar-refractivity contribution < 1.29 is 9.59 Å². The SMILES string of the molecule is CCCN1CCC(N2C(=O)CNC(=O)C2C(C)C)CC1. The van der Waals surface area contributed by atoms with Crippen LogP contribution < -0.4 is 5.32 Å². The average molecular weight is 281 g/mol. The van der Waals surface area contributed by atoms with Crippen molar-refractivity contribution in [2.45, 2.75) is 52.1 Å². The van der Waals surface area contributed by atoms with Crippen LogP contribution in [0.5, 0.6) is 0 Å². The first-order chi connectivity index (χ1) is 9.54. The van der Waals surface area contributed by atoms with Crippen LogP contribution in [-0.2, 0) is 9.59 Å². The van der Waals surface area contributed by atoms with Crippen molar-refractivity contribution in [3.63, 3.8) is 0 Å². The Labute approximate surface area is 121 Å². The summed E-state index contributed by atoms with van der Waals surface area (Å²) in [5.74, 6) is 0.251. The molecule has 0 aliphatic carbocycles. The van der Waals surface area contributed by atoms with Crippen molar-refractivity contribution in [2.75, 3.05) is 26.2 Å². The van der Waals surface area contributed by atoms with Crippen LogP contribution in [-0.4, -0.2) is 59.9 Å². The number of nitrogens with one attached hydrogen (secondary N) is 1. The van der Waals surface area contributed by atoms with Gasteiger partial charge in [0.1, 0.15) is 6.04 Å². The quantitative estimate of drug-likeness (QED) is 0.831. The molecule has 1 N–H and O–H groups in total. The van der Waals surface area contributed by atoms with E-state index in [9.17, 15) is 9.59 Å². The number of piperidine rings is 1. The molecule has 1 unspecified atom stereocenters. The number of nitrogens with zero attached hydrogens (tertiary/aromatic N) is 2. The molecule has 2 aliphatic heterocycles. The number of hydrogen-bond donors (Lipinski definition) is 1. The Morgan fingerprint density at radius 1 is 1.25 bits per heavy atom. The van der Waals surface area contributed by atoms with Crippen LogP contribution in [0.4, 0.5) is 0 Å². The fraction of sp³-hybridized carbons (Fsp3) is 0.867. The molecule has 2 amide bonds. The second-order valence-electron chi connectivity index (χ2n) is 6.28. The fourth-order valence-corrected chi connectivity index (χ4v) is 3.43. The van der Waals surface area contributed by atoms with Gasteiger partial charge in [-0.3, -0.25) is 9.59 Å². The maximum atomic E-state index is 12.3. The van der Waals surface area contributed by atoms with Gasteiger partial charge in [-0.1, -0.05) is 20.8 Å². The lowest BCUT2D eigenvalue weighted by atomic mass is 9.93. The number of rotatable bonds is 4. The molecule has 5 nitrogen and oxygen atoms in total. The van der Waals surface area contributed by atoms with Crippen LogP contribution in [0.2, 0.25) is 0 Å². The lowest BCUT2D eigenvalue weighted by molar-refractivity contribution is -0.151. The minimum absolute atomic E-state index is 0.00980. The predicted octanol–water partition coefficient (Wildman–Crippen LogP) is 0.844. The first-order valence-electron chi connectivity index (χ1n) is 7.85. The Bertz CT molecular complexity index is 362. The highest BCUT2D eigenvalue weighted by Gasteiger charge is 2.41. The minimum Gasteiger partial charge on any atom is -0.345 e. The normalized spacial score (nSPS) is 26.2. The highest BCUT2D eigenvalue weighted by Crippen LogP contribution is 2.24. The van der Waals surface area contributed by atoms with Gasteiger partial charge in [-0.15, -0.1) is 0 Å². The number of carbonyl (C=O) groups is 2. The van der Waals surface area contributed by atoms with E-state index < -0.39 is 0 Å². The third-order valence-electron chi connectivity index (χ3n) is 4.39. The van der Waals surface area contributed by atoms with Gasteiger partial charge in [-0.25, -0.2) is 0 Å². The molecule has 5 heteroatoms. The largest absolute Gasteiger partial charge is 0.345 e. The fourth-order valence-electron chi connectivity index (χ4n) is 3.43. The molecular formula is C15H27N3O2. The molecule has 0 aromatic heterocycles. The van der Waals surface area contributed by atoms with Crippen molar-refractivity contribution in [3.8, 4) is 0 Å². The molecule has 0 saturated carbocycles. The summed E-state index contributed by atoms with van der Waals surface area (Å²) in [7, 11) is 0. The Balaban J connectivity index is 2.05. The monoisotopic (exact) mass is 281 g/mol. The van der Waals surface area contributed by atoms with Gasteiger partial charge in [-0.2, -0.15) is 0 Å². The maximum Gasteiger partial charge on any atom is 0.243 e. The number of carbonyl (C=O) groups excluding carboxylic acids is 2. The molecule has 0 spiro atoms. The number of piperazine rings is 1. The van der Waals surface area contributed by atoms with E-state index in [1.165, 1.54) is 6.42 Å². The molecule has 0 aromatic carbocycles. The zero-order chi connectivity index (χ0) is 14.7. The molecule has 114 valence electrons. The third-order valence-corrected chi connectivity index (χ3v) is 4.39. The summed E-state index contributed by atoms with van der Waals surface area (Å²) in [4.78, 5) is 28.7. The smallest absolute Gasteiger partial charge is 0.243 e. The lowest BCUT2D eigenvalue weighted by Gasteiger charge is -2.45. The van der Waals surface area contributed by atoms with E-state index >= 15 is 0 Å². The Kier molecular flexibility index (Phi) is 5.02. The number of amides is 2. The highest BCUT2D eigenvalue weighted by molar-refractivity contribution is 5.95. The van der Waals surface area contributed by atoms with Gasteiger partial charge in [0.05, 0.1) is 6.54 Å². The van der Waals surface area contributed by atoms with Crippen LogP contribution in [0.3, 0.4) is 0 Å². The third kappa shape index (κ3) is 3.14. The van der Waals surface area contributed by atoms with Gasteiger partial charge in [0.25, 0.3) is 0 Å². The van der Waals surface area contributed by atoms with Crippen molar-refractivity contribution in [1.82, 2.24) is 15.1 Å². The Hall–Kier alpha value is -1.10. The second-order valence-corrected chi connectivity index (χ2v) is 6.28. The summed E-state index contributed by atoms with van der Waals surface area (Å²) in [5, 5.41) is 2.72. The zero-order valence-electron chi connectivity index (χ0n) is 12.9. The molecule has 2 saturated heterocycles. The van der Waals surface area contributed by atoms with E-state index in [1.807, 2.05) is 18.7 Å². The van der Waals surface area contributed by atoms with Gasteiger partial charge in [0.2, 0.25) is 11.8 Å². The number of likely N-dealkylation sites (tertiary alicyclic amines) is 1. The molecule has 2 heterocycles. The van der Waals surface area contributed by atoms with Crippen molar-refractivity contribution in [3.05, 3.63) is 0 Å². The number of hydrogen-bond acceptors (Lipinski definition) is 3. The van der Waals surface area contributed by atoms with E-state index in [1.54, 1.807) is 0 Å². The van der Waals surface area contributed by atoms with Gasteiger partial charge in [0, 0.05) is 19.1 Å². The maximum absolute atomic E-state index is 12.3. The summed E-state index contributed by atoms with van der Waals surface area (Å²) in [5.41, 5.74) is 0. The predicted molar refractivity (Wildman–Crippen MR) is 78.2 cm³/mol. The lowest BCUT2D eigenvalue weighted by Crippen LogP contribution is -2.64. The standard InChI is InChI=1S/C15H27N3O2/c1-4-7-17-8-5-12(6-9-17)18-13(19)10-16-15(20)14(18)11(2)3/h11-12,14H,4-10H2,1-3H3,(H,16,20). The molecule has 1 atom stereocenters. The van der Waals surface area contributed by atoms with Crippen LogP contribution in [0.25, 0.3) is 0 Å². The summed E-state index contributed by atoms with van der Waals surface area (Å²) in [6.07, 6.45) is 3.15. The van der Waals surface area contributed by atoms with E-state index in [2.05, 4.69) is 17.1 Å². The summed E-state index contributed by atoms with van der Waals surface area (Å²) < 4.78 is 0. The van der Waals surface area contributed by atoms with Crippen LogP contribution in [0.1, 0.15) is 40.0 Å². The van der Waals surface area contributed by atoms with Gasteiger partial charge in [0.15, 0.2) is 0 Å². The molecule has 20 heavy (non-hydrogen) atoms. The van der Waals surface area contributed by atoms with E-state index in [4.69, 9.17) is 0 Å². The van der Waals surface area contributed by atoms with Crippen LogP contribution in [0, 0.1) is 5.92 Å². The van der Waals surface area contributed by atoms with Gasteiger partial charge < -0.3 is 15.1 Å². The second kappa shape index (κ2) is 6.57. The molecule has 2 fully saturated rings. The molecule has 2 rings (SSSR count). The summed E-state index contributed by atoms with van der Waals surface area (Å²) in [6.45, 7) is 9.60. The topological polar surface area (TPSA) is 52.6 Å². The van der Waals surface area contributed by atoms with E-state index in [-0.39, 0.29) is 36.4 Å². The molecular weight excluding hydrogens is 254 g/mol. The Morgan fingerprint density at radius 2 is 1.90 bits per heavy atom. The highest BCUT2D eigenvalue weighted by atomic mass is 16.2. The van der Waals surface area contributed by atoms with Gasteiger partial charge >= 0.3 is 0 Å². The van der Waals surface area contributed by atoms with Crippen LogP contribution in [0.15, 0.2) is 0 Å².